The maximum Gasteiger partial charge on any atom is 0.259 e. The number of H-pyrrole nitrogens is 1. The lowest BCUT2D eigenvalue weighted by Gasteiger charge is -2.36. The number of carbonyl (C=O) groups excluding carboxylic acids is 1. The summed E-state index contributed by atoms with van der Waals surface area (Å²) in [6.45, 7) is 11.1. The third kappa shape index (κ3) is 3.97. The van der Waals surface area contributed by atoms with Gasteiger partial charge in [0.05, 0.1) is 28.6 Å². The Morgan fingerprint density at radius 2 is 2.04 bits per heavy atom. The first kappa shape index (κ1) is 19.4. The zero-order valence-corrected chi connectivity index (χ0v) is 17.4. The zero-order chi connectivity index (χ0) is 19.0. The Morgan fingerprint density at radius 1 is 1.38 bits per heavy atom. The van der Waals surface area contributed by atoms with Gasteiger partial charge in [0.1, 0.15) is 10.7 Å². The Hall–Kier alpha value is -1.38. The average molecular weight is 396 g/mol. The van der Waals surface area contributed by atoms with Gasteiger partial charge in [-0.25, -0.2) is 4.98 Å². The topological polar surface area (TPSA) is 75.3 Å². The summed E-state index contributed by atoms with van der Waals surface area (Å²) in [4.78, 5) is 36.3. The van der Waals surface area contributed by atoms with Crippen LogP contribution in [0.3, 0.4) is 0 Å². The van der Waals surface area contributed by atoms with Crippen molar-refractivity contribution < 1.29 is 9.53 Å². The predicted octanol–water partition coefficient (Wildman–Crippen LogP) is 2.86. The SMILES string of the molecule is Cc1sc2nc(CS[C@@H](C)C(=O)N3C[C@@H](C)O[C@H](C)C3)[nH]c(=O)c2c1C. The summed E-state index contributed by atoms with van der Waals surface area (Å²) in [5, 5.41) is 0.488. The number of aromatic nitrogens is 2. The Morgan fingerprint density at radius 3 is 2.69 bits per heavy atom. The van der Waals surface area contributed by atoms with Gasteiger partial charge in [-0.05, 0) is 40.2 Å². The highest BCUT2D eigenvalue weighted by Crippen LogP contribution is 2.27. The van der Waals surface area contributed by atoms with Gasteiger partial charge in [-0.2, -0.15) is 0 Å². The monoisotopic (exact) mass is 395 g/mol. The van der Waals surface area contributed by atoms with Gasteiger partial charge in [-0.15, -0.1) is 23.1 Å². The Kier molecular flexibility index (Phi) is 5.74. The van der Waals surface area contributed by atoms with Gasteiger partial charge < -0.3 is 14.6 Å². The van der Waals surface area contributed by atoms with Gasteiger partial charge in [0, 0.05) is 18.0 Å². The molecule has 6 nitrogen and oxygen atoms in total. The molecule has 1 fully saturated rings. The van der Waals surface area contributed by atoms with Crippen molar-refractivity contribution in [3.8, 4) is 0 Å². The molecule has 1 aliphatic heterocycles. The number of morpholine rings is 1. The van der Waals surface area contributed by atoms with Crippen molar-refractivity contribution in [3.05, 3.63) is 26.6 Å². The molecule has 0 radical (unpaired) electrons. The van der Waals surface area contributed by atoms with E-state index in [1.165, 1.54) is 11.8 Å². The molecule has 2 aromatic rings. The first-order valence-corrected chi connectivity index (χ1v) is 10.7. The van der Waals surface area contributed by atoms with Crippen LogP contribution in [0.25, 0.3) is 10.2 Å². The van der Waals surface area contributed by atoms with Crippen molar-refractivity contribution in [2.75, 3.05) is 13.1 Å². The molecule has 2 aromatic heterocycles. The van der Waals surface area contributed by atoms with Crippen LogP contribution in [0.1, 0.15) is 37.0 Å². The van der Waals surface area contributed by atoms with E-state index in [0.29, 0.717) is 30.1 Å². The van der Waals surface area contributed by atoms with Crippen molar-refractivity contribution in [2.24, 2.45) is 0 Å². The van der Waals surface area contributed by atoms with Gasteiger partial charge in [0.2, 0.25) is 5.91 Å². The lowest BCUT2D eigenvalue weighted by molar-refractivity contribution is -0.142. The number of nitrogens with zero attached hydrogens (tertiary/aromatic N) is 2. The molecule has 3 rings (SSSR count). The fourth-order valence-corrected chi connectivity index (χ4v) is 5.14. The minimum absolute atomic E-state index is 0.0608. The summed E-state index contributed by atoms with van der Waals surface area (Å²) in [5.41, 5.74) is 0.902. The molecule has 0 unspecified atom stereocenters. The van der Waals surface area contributed by atoms with Crippen LogP contribution in [0.15, 0.2) is 4.79 Å². The highest BCUT2D eigenvalue weighted by Gasteiger charge is 2.29. The van der Waals surface area contributed by atoms with E-state index in [1.807, 2.05) is 39.5 Å². The molecule has 1 aliphatic rings. The molecule has 0 saturated carbocycles. The Labute approximate surface area is 161 Å². The first-order valence-electron chi connectivity index (χ1n) is 8.81. The lowest BCUT2D eigenvalue weighted by atomic mass is 10.2. The second-order valence-electron chi connectivity index (χ2n) is 6.93. The number of hydrogen-bond acceptors (Lipinski definition) is 6. The van der Waals surface area contributed by atoms with Gasteiger partial charge in [0.15, 0.2) is 0 Å². The summed E-state index contributed by atoms with van der Waals surface area (Å²) < 4.78 is 5.69. The van der Waals surface area contributed by atoms with Crippen LogP contribution < -0.4 is 5.56 Å². The standard InChI is InChI=1S/C18H25N3O3S2/c1-9-6-21(7-10(2)24-9)18(23)13(5)25-8-14-19-16(22)15-11(3)12(4)26-17(15)20-14/h9-10,13H,6-8H2,1-5H3,(H,19,20,22)/t9-,10-,13+/m1/s1. The molecule has 1 amide bonds. The molecule has 0 bridgehead atoms. The lowest BCUT2D eigenvalue weighted by Crippen LogP contribution is -2.50. The van der Waals surface area contributed by atoms with E-state index in [2.05, 4.69) is 9.97 Å². The third-order valence-corrected chi connectivity index (χ3v) is 6.88. The molecular weight excluding hydrogens is 370 g/mol. The van der Waals surface area contributed by atoms with E-state index in [0.717, 1.165) is 15.3 Å². The number of hydrogen-bond donors (Lipinski definition) is 1. The van der Waals surface area contributed by atoms with Gasteiger partial charge >= 0.3 is 0 Å². The van der Waals surface area contributed by atoms with Crippen LogP contribution in [-0.4, -0.2) is 51.3 Å². The van der Waals surface area contributed by atoms with Gasteiger partial charge in [-0.3, -0.25) is 9.59 Å². The van der Waals surface area contributed by atoms with Crippen molar-refractivity contribution in [2.45, 2.75) is 57.8 Å². The highest BCUT2D eigenvalue weighted by atomic mass is 32.2. The molecule has 8 heteroatoms. The van der Waals surface area contributed by atoms with Gasteiger partial charge in [0.25, 0.3) is 5.56 Å². The van der Waals surface area contributed by atoms with Crippen LogP contribution >= 0.6 is 23.1 Å². The van der Waals surface area contributed by atoms with Crippen LogP contribution in [0.2, 0.25) is 0 Å². The number of thiophene rings is 1. The second-order valence-corrected chi connectivity index (χ2v) is 9.46. The van der Waals surface area contributed by atoms with Crippen LogP contribution in [0.4, 0.5) is 0 Å². The molecule has 1 saturated heterocycles. The summed E-state index contributed by atoms with van der Waals surface area (Å²) in [6.07, 6.45) is 0.122. The van der Waals surface area contributed by atoms with E-state index in [4.69, 9.17) is 4.74 Å². The summed E-state index contributed by atoms with van der Waals surface area (Å²) in [6, 6.07) is 0. The van der Waals surface area contributed by atoms with Crippen LogP contribution in [0.5, 0.6) is 0 Å². The number of aryl methyl sites for hydroxylation is 2. The molecular formula is C18H25N3O3S2. The number of carbonyl (C=O) groups is 1. The summed E-state index contributed by atoms with van der Waals surface area (Å²) in [7, 11) is 0. The molecule has 26 heavy (non-hydrogen) atoms. The van der Waals surface area contributed by atoms with E-state index >= 15 is 0 Å². The third-order valence-electron chi connectivity index (χ3n) is 4.64. The van der Waals surface area contributed by atoms with Crippen molar-refractivity contribution in [1.82, 2.24) is 14.9 Å². The largest absolute Gasteiger partial charge is 0.372 e. The fourth-order valence-electron chi connectivity index (χ4n) is 3.26. The quantitative estimate of drug-likeness (QED) is 0.862. The van der Waals surface area contributed by atoms with Crippen molar-refractivity contribution in [1.29, 1.82) is 0 Å². The highest BCUT2D eigenvalue weighted by molar-refractivity contribution is 7.99. The van der Waals surface area contributed by atoms with Crippen molar-refractivity contribution >= 4 is 39.2 Å². The normalized spacial score (nSPS) is 22.0. The minimum Gasteiger partial charge on any atom is -0.372 e. The van der Waals surface area contributed by atoms with E-state index in [-0.39, 0.29) is 28.9 Å². The number of aromatic amines is 1. The number of nitrogens with one attached hydrogen (secondary N) is 1. The Bertz CT molecular complexity index is 866. The predicted molar refractivity (Wildman–Crippen MR) is 107 cm³/mol. The fraction of sp³-hybridized carbons (Fsp3) is 0.611. The van der Waals surface area contributed by atoms with Gasteiger partial charge in [-0.1, -0.05) is 0 Å². The first-order chi connectivity index (χ1) is 12.3. The van der Waals surface area contributed by atoms with E-state index in [9.17, 15) is 9.59 Å². The average Bonchev–Trinajstić information content (AvgIpc) is 2.85. The molecule has 0 spiro atoms. The number of rotatable bonds is 4. The molecule has 142 valence electrons. The molecule has 3 heterocycles. The van der Waals surface area contributed by atoms with Crippen LogP contribution in [-0.2, 0) is 15.3 Å². The minimum atomic E-state index is -0.194. The molecule has 0 aromatic carbocycles. The van der Waals surface area contributed by atoms with E-state index < -0.39 is 0 Å². The molecule has 1 N–H and O–H groups in total. The maximum atomic E-state index is 12.7. The number of thioether (sulfide) groups is 1. The molecule has 0 aliphatic carbocycles. The number of amides is 1. The number of ether oxygens (including phenoxy) is 1. The van der Waals surface area contributed by atoms with Crippen molar-refractivity contribution in [3.63, 3.8) is 0 Å². The Balaban J connectivity index is 1.67. The second kappa shape index (κ2) is 7.70. The van der Waals surface area contributed by atoms with Crippen LogP contribution in [0, 0.1) is 13.8 Å². The zero-order valence-electron chi connectivity index (χ0n) is 15.8. The van der Waals surface area contributed by atoms with E-state index in [1.54, 1.807) is 11.3 Å². The summed E-state index contributed by atoms with van der Waals surface area (Å²) in [5.74, 6) is 1.24. The number of fused-ring (bicyclic) bond motifs is 1. The summed E-state index contributed by atoms with van der Waals surface area (Å²) >= 11 is 3.04. The molecule has 3 atom stereocenters. The smallest absolute Gasteiger partial charge is 0.259 e. The maximum absolute atomic E-state index is 12.7.